The van der Waals surface area contributed by atoms with E-state index >= 15 is 0 Å². The standard InChI is InChI=1S/C44H44Cl2N8O10/c1-61-34-21-31(28(45)19-29(34)46)50-41-25(22-47)23-49-30-20-36(35(62-2)18-27(30)41)63-17-5-12-52-13-15-53(16-14-52)39(57)8-4-11-48-38(56)24-64-33-7-3-6-26-40(33)44(60)54(43(26)59)32-9-10-37(55)51-42(32)58/h3,6-7,18-21,23,32H,4-5,8-17,24H2,1-2H3,(H,48,56)(H,49,50)(H,51,55,58). The number of carbonyl (C=O) groups is 6. The van der Waals surface area contributed by atoms with Gasteiger partial charge in [0.05, 0.1) is 64.5 Å². The number of carbonyl (C=O) groups excluding carboxylic acids is 6. The van der Waals surface area contributed by atoms with Crippen molar-refractivity contribution in [3.8, 4) is 29.1 Å². The maximum absolute atomic E-state index is 13.3. The van der Waals surface area contributed by atoms with Gasteiger partial charge in [-0.25, -0.2) is 0 Å². The monoisotopic (exact) mass is 914 g/mol. The molecule has 1 unspecified atom stereocenters. The Morgan fingerprint density at radius 3 is 2.44 bits per heavy atom. The average Bonchev–Trinajstić information content (AvgIpc) is 3.55. The first-order chi connectivity index (χ1) is 30.9. The molecule has 334 valence electrons. The van der Waals surface area contributed by atoms with Crippen molar-refractivity contribution >= 4 is 80.9 Å². The number of rotatable bonds is 17. The minimum Gasteiger partial charge on any atom is -0.495 e. The first-order valence-electron chi connectivity index (χ1n) is 20.5. The topological polar surface area (TPSA) is 222 Å². The smallest absolute Gasteiger partial charge is 0.266 e. The van der Waals surface area contributed by atoms with Gasteiger partial charge in [0, 0.05) is 75.8 Å². The van der Waals surface area contributed by atoms with Crippen LogP contribution in [0.4, 0.5) is 11.4 Å². The number of piperidine rings is 1. The van der Waals surface area contributed by atoms with Gasteiger partial charge in [-0.3, -0.25) is 48.9 Å². The fourth-order valence-corrected chi connectivity index (χ4v) is 8.23. The Labute approximate surface area is 377 Å². The van der Waals surface area contributed by atoms with Crippen LogP contribution in [0.25, 0.3) is 10.9 Å². The van der Waals surface area contributed by atoms with Gasteiger partial charge in [0.25, 0.3) is 17.7 Å². The number of fused-ring (bicyclic) bond motifs is 2. The average molecular weight is 916 g/mol. The lowest BCUT2D eigenvalue weighted by Gasteiger charge is -2.34. The molecule has 1 atom stereocenters. The molecular formula is C44H44Cl2N8O10. The minimum absolute atomic E-state index is 0.00546. The zero-order valence-corrected chi connectivity index (χ0v) is 36.5. The van der Waals surface area contributed by atoms with Gasteiger partial charge < -0.3 is 34.5 Å². The highest BCUT2D eigenvalue weighted by Gasteiger charge is 2.46. The number of ether oxygens (including phenoxy) is 4. The van der Waals surface area contributed by atoms with E-state index in [0.29, 0.717) is 101 Å². The molecule has 0 radical (unpaired) electrons. The van der Waals surface area contributed by atoms with Gasteiger partial charge in [0.2, 0.25) is 17.7 Å². The molecule has 64 heavy (non-hydrogen) atoms. The molecule has 1 aromatic heterocycles. The zero-order chi connectivity index (χ0) is 45.5. The predicted molar refractivity (Wildman–Crippen MR) is 233 cm³/mol. The summed E-state index contributed by atoms with van der Waals surface area (Å²) in [6.45, 7) is 3.49. The quantitative estimate of drug-likeness (QED) is 0.0984. The van der Waals surface area contributed by atoms with Crippen LogP contribution in [-0.4, -0.2) is 128 Å². The summed E-state index contributed by atoms with van der Waals surface area (Å²) >= 11 is 12.7. The van der Waals surface area contributed by atoms with E-state index in [1.807, 2.05) is 4.90 Å². The van der Waals surface area contributed by atoms with Crippen molar-refractivity contribution in [2.75, 3.05) is 72.0 Å². The van der Waals surface area contributed by atoms with Crippen LogP contribution in [0.1, 0.15) is 58.4 Å². The van der Waals surface area contributed by atoms with Crippen LogP contribution in [0.5, 0.6) is 23.0 Å². The molecule has 0 aliphatic carbocycles. The molecule has 3 aromatic carbocycles. The Morgan fingerprint density at radius 2 is 1.70 bits per heavy atom. The zero-order valence-electron chi connectivity index (χ0n) is 35.0. The summed E-state index contributed by atoms with van der Waals surface area (Å²) in [5, 5.41) is 19.3. The van der Waals surface area contributed by atoms with Crippen LogP contribution < -0.4 is 34.9 Å². The highest BCUT2D eigenvalue weighted by Crippen LogP contribution is 2.41. The number of amides is 6. The SMILES string of the molecule is COc1cc(Nc2c(C#N)cnc3cc(OCCCN4CCN(C(=O)CCCNC(=O)COc5cccc6c5C(=O)N(C5CCC(=O)NC5=O)C6=O)CC4)c(OC)cc23)c(Cl)cc1Cl. The number of methoxy groups -OCH3 is 2. The summed E-state index contributed by atoms with van der Waals surface area (Å²) in [5.74, 6) is -1.70. The molecule has 3 aliphatic heterocycles. The second-order valence-electron chi connectivity index (χ2n) is 15.1. The summed E-state index contributed by atoms with van der Waals surface area (Å²) < 4.78 is 22.8. The predicted octanol–water partition coefficient (Wildman–Crippen LogP) is 4.46. The van der Waals surface area contributed by atoms with Crippen LogP contribution >= 0.6 is 23.2 Å². The van der Waals surface area contributed by atoms with Crippen LogP contribution in [0, 0.1) is 11.3 Å². The van der Waals surface area contributed by atoms with Gasteiger partial charge in [0.1, 0.15) is 23.6 Å². The second kappa shape index (κ2) is 20.2. The first kappa shape index (κ1) is 45.3. The van der Waals surface area contributed by atoms with Crippen molar-refractivity contribution < 1.29 is 47.7 Å². The number of nitriles is 1. The number of halogens is 2. The van der Waals surface area contributed by atoms with Gasteiger partial charge in [-0.15, -0.1) is 0 Å². The van der Waals surface area contributed by atoms with Crippen molar-refractivity contribution in [2.24, 2.45) is 0 Å². The van der Waals surface area contributed by atoms with Gasteiger partial charge in [-0.05, 0) is 43.5 Å². The van der Waals surface area contributed by atoms with Crippen LogP contribution in [0.2, 0.25) is 10.0 Å². The van der Waals surface area contributed by atoms with Gasteiger partial charge in [0.15, 0.2) is 18.1 Å². The Hall–Kier alpha value is -6.68. The van der Waals surface area contributed by atoms with Crippen molar-refractivity contribution in [3.63, 3.8) is 0 Å². The number of hydrogen-bond acceptors (Lipinski definition) is 14. The number of anilines is 2. The third-order valence-corrected chi connectivity index (χ3v) is 11.7. The number of aromatic nitrogens is 1. The van der Waals surface area contributed by atoms with E-state index < -0.39 is 42.2 Å². The number of imide groups is 2. The van der Waals surface area contributed by atoms with E-state index in [1.165, 1.54) is 38.6 Å². The molecule has 4 aromatic rings. The summed E-state index contributed by atoms with van der Waals surface area (Å²) in [5.41, 5.74) is 1.82. The van der Waals surface area contributed by atoms with Gasteiger partial charge >= 0.3 is 0 Å². The van der Waals surface area contributed by atoms with Crippen LogP contribution in [0.15, 0.2) is 48.7 Å². The highest BCUT2D eigenvalue weighted by molar-refractivity contribution is 6.37. The Morgan fingerprint density at radius 1 is 0.922 bits per heavy atom. The first-order valence-corrected chi connectivity index (χ1v) is 21.2. The maximum atomic E-state index is 13.3. The molecule has 4 heterocycles. The molecule has 0 spiro atoms. The Bertz CT molecular complexity index is 2560. The number of nitrogens with zero attached hydrogens (tertiary/aromatic N) is 5. The fourth-order valence-electron chi connectivity index (χ4n) is 7.72. The molecule has 2 fully saturated rings. The van der Waals surface area contributed by atoms with E-state index in [9.17, 15) is 34.0 Å². The van der Waals surface area contributed by atoms with Crippen molar-refractivity contribution in [2.45, 2.75) is 38.1 Å². The summed E-state index contributed by atoms with van der Waals surface area (Å²) in [7, 11) is 3.03. The molecule has 20 heteroatoms. The van der Waals surface area contributed by atoms with Gasteiger partial charge in [-0.2, -0.15) is 5.26 Å². The molecule has 6 amide bonds. The largest absolute Gasteiger partial charge is 0.495 e. The molecule has 18 nitrogen and oxygen atoms in total. The Kier molecular flexibility index (Phi) is 14.3. The summed E-state index contributed by atoms with van der Waals surface area (Å²) in [6.07, 6.45) is 2.85. The van der Waals surface area contributed by atoms with Crippen molar-refractivity contribution in [1.29, 1.82) is 5.26 Å². The fraction of sp³-hybridized carbons (Fsp3) is 0.364. The summed E-state index contributed by atoms with van der Waals surface area (Å²) in [6, 6.07) is 12.2. The third kappa shape index (κ3) is 9.91. The second-order valence-corrected chi connectivity index (χ2v) is 15.9. The lowest BCUT2D eigenvalue weighted by atomic mass is 10.0. The number of piperazine rings is 1. The van der Waals surface area contributed by atoms with E-state index in [2.05, 4.69) is 31.9 Å². The lowest BCUT2D eigenvalue weighted by Crippen LogP contribution is -2.54. The van der Waals surface area contributed by atoms with E-state index in [0.717, 1.165) is 11.4 Å². The van der Waals surface area contributed by atoms with Crippen molar-refractivity contribution in [1.82, 2.24) is 30.3 Å². The number of pyridine rings is 1. The van der Waals surface area contributed by atoms with Crippen molar-refractivity contribution in [3.05, 3.63) is 75.4 Å². The maximum Gasteiger partial charge on any atom is 0.266 e. The Balaban J connectivity index is 0.818. The lowest BCUT2D eigenvalue weighted by molar-refractivity contribution is -0.136. The molecule has 0 saturated carbocycles. The third-order valence-electron chi connectivity index (χ3n) is 11.1. The van der Waals surface area contributed by atoms with E-state index in [4.69, 9.17) is 42.1 Å². The molecule has 3 N–H and O–H groups in total. The number of hydrogen-bond donors (Lipinski definition) is 3. The van der Waals surface area contributed by atoms with E-state index in [-0.39, 0.29) is 48.6 Å². The number of nitrogens with one attached hydrogen (secondary N) is 3. The number of benzene rings is 3. The van der Waals surface area contributed by atoms with Crippen LogP contribution in [0.3, 0.4) is 0 Å². The normalized spacial score (nSPS) is 16.3. The summed E-state index contributed by atoms with van der Waals surface area (Å²) in [4.78, 5) is 85.3. The minimum atomic E-state index is -1.12. The molecule has 0 bridgehead atoms. The van der Waals surface area contributed by atoms with Crippen LogP contribution in [-0.2, 0) is 19.2 Å². The molecule has 2 saturated heterocycles. The molecule has 3 aliphatic rings. The van der Waals surface area contributed by atoms with E-state index in [1.54, 1.807) is 24.3 Å². The highest BCUT2D eigenvalue weighted by atomic mass is 35.5. The molecular weight excluding hydrogens is 871 g/mol. The molecule has 7 rings (SSSR count). The van der Waals surface area contributed by atoms with Gasteiger partial charge in [-0.1, -0.05) is 29.3 Å².